The molecule has 4 rings (SSSR count). The normalized spacial score (nSPS) is 26.8. The number of aliphatic hydroxyl groups is 3. The largest absolute Gasteiger partial charge is 0.479 e. The third-order valence-electron chi connectivity index (χ3n) is 6.17. The first-order chi connectivity index (χ1) is 15.9. The zero-order valence-corrected chi connectivity index (χ0v) is 18.4. The second-order valence-electron chi connectivity index (χ2n) is 8.38. The van der Waals surface area contributed by atoms with E-state index in [1.807, 2.05) is 31.3 Å². The highest BCUT2D eigenvalue weighted by molar-refractivity contribution is 5.74. The monoisotopic (exact) mass is 458 g/mol. The van der Waals surface area contributed by atoms with Crippen molar-refractivity contribution in [2.24, 2.45) is 0 Å². The number of aryl methyl sites for hydroxylation is 2. The van der Waals surface area contributed by atoms with E-state index in [2.05, 4.69) is 22.3 Å². The first kappa shape index (κ1) is 23.5. The number of ether oxygens (including phenoxy) is 2. The second kappa shape index (κ2) is 10.1. The van der Waals surface area contributed by atoms with Crippen LogP contribution in [0.2, 0.25) is 0 Å². The van der Waals surface area contributed by atoms with E-state index in [0.717, 1.165) is 49.3 Å². The summed E-state index contributed by atoms with van der Waals surface area (Å²) in [5.74, 6) is -1.08. The number of nitrogens with zero attached hydrogens (tertiary/aromatic N) is 1. The van der Waals surface area contributed by atoms with Crippen molar-refractivity contribution < 1.29 is 34.7 Å². The Labute approximate surface area is 192 Å². The zero-order valence-electron chi connectivity index (χ0n) is 18.4. The van der Waals surface area contributed by atoms with Gasteiger partial charge in [0.05, 0.1) is 0 Å². The Morgan fingerprint density at radius 1 is 1.06 bits per heavy atom. The van der Waals surface area contributed by atoms with Gasteiger partial charge in [0.2, 0.25) is 6.29 Å². The van der Waals surface area contributed by atoms with E-state index in [4.69, 9.17) is 9.47 Å². The lowest BCUT2D eigenvalue weighted by atomic mass is 9.99. The maximum Gasteiger partial charge on any atom is 0.335 e. The molecule has 5 N–H and O–H groups in total. The number of anilines is 2. The summed E-state index contributed by atoms with van der Waals surface area (Å²) in [5.41, 5.74) is 4.50. The minimum atomic E-state index is -1.76. The van der Waals surface area contributed by atoms with Gasteiger partial charge in [-0.25, -0.2) is 4.79 Å². The Morgan fingerprint density at radius 3 is 2.52 bits per heavy atom. The van der Waals surface area contributed by atoms with Crippen LogP contribution in [-0.2, 0) is 22.4 Å². The minimum Gasteiger partial charge on any atom is -0.479 e. The molecule has 1 fully saturated rings. The van der Waals surface area contributed by atoms with Crippen LogP contribution in [-0.4, -0.2) is 77.2 Å². The van der Waals surface area contributed by atoms with Crippen LogP contribution in [0.25, 0.3) is 0 Å². The fourth-order valence-corrected chi connectivity index (χ4v) is 4.40. The molecule has 0 aliphatic carbocycles. The summed E-state index contributed by atoms with van der Waals surface area (Å²) < 4.78 is 11.1. The number of hydrogen-bond acceptors (Lipinski definition) is 8. The SMILES string of the molecule is CNCCCN1c2ccccc2CCc2ccc(O[C@@H]3OC(C(=O)O)[C@@H](O)[C@@H](O)C3O)cc21. The molecule has 33 heavy (non-hydrogen) atoms. The zero-order chi connectivity index (χ0) is 23.5. The molecule has 0 amide bonds. The summed E-state index contributed by atoms with van der Waals surface area (Å²) in [4.78, 5) is 13.6. The topological polar surface area (TPSA) is 132 Å². The number of aliphatic carboxylic acids is 1. The lowest BCUT2D eigenvalue weighted by Gasteiger charge is -2.38. The Kier molecular flexibility index (Phi) is 7.16. The van der Waals surface area contributed by atoms with Crippen molar-refractivity contribution in [3.05, 3.63) is 53.6 Å². The summed E-state index contributed by atoms with van der Waals surface area (Å²) in [7, 11) is 1.92. The standard InChI is InChI=1S/C24H30N2O7/c1-25-11-4-12-26-17-6-3-2-5-14(17)7-8-15-9-10-16(13-18(15)26)32-24-21(29)19(27)20(28)22(33-24)23(30)31/h2-3,5-6,9-10,13,19-22,24-25,27-29H,4,7-8,11-12H2,1H3,(H,30,31)/t19-,20+,21?,22?,24-/m1/s1. The quantitative estimate of drug-likeness (QED) is 0.382. The van der Waals surface area contributed by atoms with Crippen molar-refractivity contribution in [3.63, 3.8) is 0 Å². The van der Waals surface area contributed by atoms with Crippen LogP contribution >= 0.6 is 0 Å². The molecule has 0 bridgehead atoms. The van der Waals surface area contributed by atoms with Crippen LogP contribution in [0, 0.1) is 0 Å². The first-order valence-corrected chi connectivity index (χ1v) is 11.1. The molecule has 0 aromatic heterocycles. The van der Waals surface area contributed by atoms with E-state index in [0.29, 0.717) is 5.75 Å². The molecule has 5 atom stereocenters. The van der Waals surface area contributed by atoms with E-state index in [1.165, 1.54) is 5.56 Å². The Hall–Kier alpha value is -2.69. The van der Waals surface area contributed by atoms with Crippen LogP contribution < -0.4 is 15.0 Å². The second-order valence-corrected chi connectivity index (χ2v) is 8.38. The van der Waals surface area contributed by atoms with Gasteiger partial charge in [-0.1, -0.05) is 24.3 Å². The highest BCUT2D eigenvalue weighted by atomic mass is 16.7. The number of carboxylic acids is 1. The molecule has 2 aliphatic heterocycles. The van der Waals surface area contributed by atoms with Crippen molar-refractivity contribution in [2.45, 2.75) is 50.0 Å². The molecular formula is C24H30N2O7. The number of hydrogen-bond donors (Lipinski definition) is 5. The van der Waals surface area contributed by atoms with Gasteiger partial charge in [-0.2, -0.15) is 0 Å². The van der Waals surface area contributed by atoms with E-state index in [9.17, 15) is 25.2 Å². The van der Waals surface area contributed by atoms with E-state index < -0.39 is 36.7 Å². The predicted octanol–water partition coefficient (Wildman–Crippen LogP) is 0.804. The summed E-state index contributed by atoms with van der Waals surface area (Å²) in [5, 5.41) is 42.7. The maximum absolute atomic E-state index is 11.4. The lowest BCUT2D eigenvalue weighted by molar-refractivity contribution is -0.271. The predicted molar refractivity (Wildman–Crippen MR) is 121 cm³/mol. The number of benzene rings is 2. The molecule has 2 heterocycles. The van der Waals surface area contributed by atoms with Gasteiger partial charge in [-0.3, -0.25) is 0 Å². The van der Waals surface area contributed by atoms with Crippen LogP contribution in [0.1, 0.15) is 17.5 Å². The van der Waals surface area contributed by atoms with Gasteiger partial charge >= 0.3 is 5.97 Å². The van der Waals surface area contributed by atoms with Crippen molar-refractivity contribution >= 4 is 17.3 Å². The fraction of sp³-hybridized carbons (Fsp3) is 0.458. The van der Waals surface area contributed by atoms with Crippen LogP contribution in [0.3, 0.4) is 0 Å². The molecule has 2 aliphatic rings. The highest BCUT2D eigenvalue weighted by Crippen LogP contribution is 2.38. The summed E-state index contributed by atoms with van der Waals surface area (Å²) in [6.07, 6.45) is -5.56. The molecule has 2 aromatic carbocycles. The van der Waals surface area contributed by atoms with E-state index in [1.54, 1.807) is 6.07 Å². The van der Waals surface area contributed by atoms with E-state index >= 15 is 0 Å². The number of fused-ring (bicyclic) bond motifs is 2. The number of rotatable bonds is 7. The van der Waals surface area contributed by atoms with Gasteiger partial charge in [-0.05, 0) is 56.1 Å². The third-order valence-corrected chi connectivity index (χ3v) is 6.17. The Balaban J connectivity index is 1.63. The van der Waals surface area contributed by atoms with E-state index in [-0.39, 0.29) is 0 Å². The minimum absolute atomic E-state index is 0.364. The summed E-state index contributed by atoms with van der Waals surface area (Å²) in [6, 6.07) is 13.8. The smallest absolute Gasteiger partial charge is 0.335 e. The third kappa shape index (κ3) is 4.83. The first-order valence-electron chi connectivity index (χ1n) is 11.1. The Bertz CT molecular complexity index is 985. The van der Waals surface area contributed by atoms with Gasteiger partial charge in [0, 0.05) is 24.0 Å². The molecule has 9 heteroatoms. The average molecular weight is 459 g/mol. The van der Waals surface area contributed by atoms with Crippen molar-refractivity contribution in [1.29, 1.82) is 0 Å². The molecule has 2 aromatic rings. The van der Waals surface area contributed by atoms with Gasteiger partial charge in [0.25, 0.3) is 0 Å². The molecular weight excluding hydrogens is 428 g/mol. The van der Waals surface area contributed by atoms with Crippen molar-refractivity contribution in [1.82, 2.24) is 5.32 Å². The number of carboxylic acid groups (broad SMARTS) is 1. The van der Waals surface area contributed by atoms with Crippen LogP contribution in [0.15, 0.2) is 42.5 Å². The maximum atomic E-state index is 11.4. The Morgan fingerprint density at radius 2 is 1.79 bits per heavy atom. The molecule has 0 radical (unpaired) electrons. The molecule has 2 unspecified atom stereocenters. The molecule has 178 valence electrons. The van der Waals surface area contributed by atoms with Crippen LogP contribution in [0.4, 0.5) is 11.4 Å². The van der Waals surface area contributed by atoms with Gasteiger partial charge in [0.15, 0.2) is 6.10 Å². The van der Waals surface area contributed by atoms with Gasteiger partial charge < -0.3 is 40.1 Å². The number of aliphatic hydroxyl groups excluding tert-OH is 3. The average Bonchev–Trinajstić information content (AvgIpc) is 2.96. The summed E-state index contributed by atoms with van der Waals surface area (Å²) >= 11 is 0. The number of para-hydroxylation sites is 1. The lowest BCUT2D eigenvalue weighted by Crippen LogP contribution is -2.61. The van der Waals surface area contributed by atoms with Crippen molar-refractivity contribution in [2.75, 3.05) is 25.0 Å². The number of nitrogens with one attached hydrogen (secondary N) is 1. The molecule has 9 nitrogen and oxygen atoms in total. The molecule has 0 saturated carbocycles. The summed E-state index contributed by atoms with van der Waals surface area (Å²) in [6.45, 7) is 1.64. The van der Waals surface area contributed by atoms with Crippen LogP contribution in [0.5, 0.6) is 5.75 Å². The van der Waals surface area contributed by atoms with Crippen molar-refractivity contribution in [3.8, 4) is 5.75 Å². The van der Waals surface area contributed by atoms with Gasteiger partial charge in [0.1, 0.15) is 24.1 Å². The van der Waals surface area contributed by atoms with Gasteiger partial charge in [-0.15, -0.1) is 0 Å². The molecule has 1 saturated heterocycles. The fourth-order valence-electron chi connectivity index (χ4n) is 4.40. The highest BCUT2D eigenvalue weighted by Gasteiger charge is 2.48. The number of carbonyl (C=O) groups is 1. The molecule has 0 spiro atoms.